The quantitative estimate of drug-likeness (QED) is 0.643. The van der Waals surface area contributed by atoms with Gasteiger partial charge in [-0.25, -0.2) is 4.39 Å². The Morgan fingerprint density at radius 1 is 0.700 bits per heavy atom. The summed E-state index contributed by atoms with van der Waals surface area (Å²) in [5.41, 5.74) is -4.24. The molecule has 0 aliphatic carbocycles. The van der Waals surface area contributed by atoms with Crippen molar-refractivity contribution < 1.29 is 39.5 Å². The van der Waals surface area contributed by atoms with Crippen molar-refractivity contribution in [3.63, 3.8) is 0 Å². The zero-order chi connectivity index (χ0) is 16.0. The molecule has 0 bridgehead atoms. The monoisotopic (exact) mass is 311 g/mol. The lowest BCUT2D eigenvalue weighted by Crippen LogP contribution is -2.60. The van der Waals surface area contributed by atoms with E-state index in [1.165, 1.54) is 0 Å². The normalized spacial score (nSPS) is 16.9. The molecule has 0 spiro atoms. The van der Waals surface area contributed by atoms with Gasteiger partial charge < -0.3 is 5.73 Å². The van der Waals surface area contributed by atoms with Crippen molar-refractivity contribution >= 4 is 5.69 Å². The van der Waals surface area contributed by atoms with Crippen molar-refractivity contribution in [2.45, 2.75) is 23.9 Å². The first-order valence-corrected chi connectivity index (χ1v) is 4.82. The van der Waals surface area contributed by atoms with E-state index in [0.29, 0.717) is 12.1 Å². The first-order valence-electron chi connectivity index (χ1n) is 4.82. The van der Waals surface area contributed by atoms with Crippen LogP contribution in [0.3, 0.4) is 0 Å². The number of rotatable bonds is 2. The first kappa shape index (κ1) is 16.4. The number of alkyl halides is 9. The zero-order valence-corrected chi connectivity index (χ0v) is 9.29. The maximum absolute atomic E-state index is 13.9. The van der Waals surface area contributed by atoms with Gasteiger partial charge in [0.2, 0.25) is 0 Å². The molecule has 0 saturated heterocycles. The lowest BCUT2D eigenvalue weighted by Gasteiger charge is -2.36. The minimum absolute atomic E-state index is 0.127. The molecule has 1 aromatic rings. The Morgan fingerprint density at radius 3 is 1.50 bits per heavy atom. The standard InChI is InChI=1S/C10H6F9N/c11-7(9(14,15)16,8(12,13)10(17,18)19)5-3-1-2-4-6(5)20/h1-4H,20H2. The van der Waals surface area contributed by atoms with Gasteiger partial charge in [-0.3, -0.25) is 0 Å². The molecule has 0 fully saturated rings. The van der Waals surface area contributed by atoms with Crippen molar-refractivity contribution in [1.82, 2.24) is 0 Å². The predicted octanol–water partition coefficient (Wildman–Crippen LogP) is 4.19. The minimum atomic E-state index is -6.75. The molecule has 114 valence electrons. The summed E-state index contributed by atoms with van der Waals surface area (Å²) in [7, 11) is 0. The second kappa shape index (κ2) is 4.45. The molecule has 0 amide bonds. The van der Waals surface area contributed by atoms with E-state index >= 15 is 0 Å². The lowest BCUT2D eigenvalue weighted by atomic mass is 9.86. The van der Waals surface area contributed by atoms with Gasteiger partial charge >= 0.3 is 23.9 Å². The molecule has 1 atom stereocenters. The van der Waals surface area contributed by atoms with Gasteiger partial charge in [0.15, 0.2) is 0 Å². The molecule has 1 aromatic carbocycles. The molecule has 0 aliphatic rings. The fourth-order valence-electron chi connectivity index (χ4n) is 1.51. The Bertz CT molecular complexity index is 490. The van der Waals surface area contributed by atoms with Crippen LogP contribution >= 0.6 is 0 Å². The van der Waals surface area contributed by atoms with Crippen LogP contribution in [0.1, 0.15) is 5.56 Å². The van der Waals surface area contributed by atoms with Crippen LogP contribution in [0.2, 0.25) is 0 Å². The van der Waals surface area contributed by atoms with E-state index in [9.17, 15) is 39.5 Å². The highest BCUT2D eigenvalue weighted by molar-refractivity contribution is 5.51. The van der Waals surface area contributed by atoms with Gasteiger partial charge in [0.05, 0.1) is 0 Å². The van der Waals surface area contributed by atoms with Crippen LogP contribution in [-0.2, 0) is 5.67 Å². The largest absolute Gasteiger partial charge is 0.457 e. The highest BCUT2D eigenvalue weighted by atomic mass is 19.4. The van der Waals surface area contributed by atoms with Crippen LogP contribution in [0, 0.1) is 0 Å². The van der Waals surface area contributed by atoms with Gasteiger partial charge in [-0.05, 0) is 6.07 Å². The highest BCUT2D eigenvalue weighted by Gasteiger charge is 2.82. The smallest absolute Gasteiger partial charge is 0.398 e. The molecule has 10 heteroatoms. The van der Waals surface area contributed by atoms with Crippen molar-refractivity contribution in [2.24, 2.45) is 0 Å². The molecular formula is C10H6F9N. The van der Waals surface area contributed by atoms with Gasteiger partial charge in [0.1, 0.15) is 0 Å². The predicted molar refractivity (Wildman–Crippen MR) is 50.7 cm³/mol. The van der Waals surface area contributed by atoms with Crippen molar-refractivity contribution in [3.8, 4) is 0 Å². The maximum Gasteiger partial charge on any atom is 0.457 e. The van der Waals surface area contributed by atoms with Crippen LogP contribution in [0.4, 0.5) is 45.2 Å². The molecule has 0 aliphatic heterocycles. The molecule has 0 aromatic heterocycles. The van der Waals surface area contributed by atoms with Gasteiger partial charge in [0.25, 0.3) is 0 Å². The third kappa shape index (κ3) is 2.16. The Hall–Kier alpha value is -1.61. The Morgan fingerprint density at radius 2 is 1.15 bits per heavy atom. The Kier molecular flexibility index (Phi) is 3.66. The molecule has 2 N–H and O–H groups in total. The third-order valence-electron chi connectivity index (χ3n) is 2.51. The summed E-state index contributed by atoms with van der Waals surface area (Å²) in [5, 5.41) is 0. The number of hydrogen-bond donors (Lipinski definition) is 1. The molecule has 1 rings (SSSR count). The third-order valence-corrected chi connectivity index (χ3v) is 2.51. The van der Waals surface area contributed by atoms with E-state index in [-0.39, 0.29) is 6.07 Å². The molecule has 1 nitrogen and oxygen atoms in total. The van der Waals surface area contributed by atoms with Gasteiger partial charge in [-0.15, -0.1) is 0 Å². The van der Waals surface area contributed by atoms with Crippen LogP contribution in [0.15, 0.2) is 24.3 Å². The number of para-hydroxylation sites is 1. The molecule has 1 unspecified atom stereocenters. The number of anilines is 1. The summed E-state index contributed by atoms with van der Waals surface area (Å²) in [6, 6.07) is 2.34. The second-order valence-corrected chi connectivity index (χ2v) is 3.82. The number of benzene rings is 1. The fourth-order valence-corrected chi connectivity index (χ4v) is 1.51. The molecule has 0 saturated carbocycles. The molecular weight excluding hydrogens is 305 g/mol. The van der Waals surface area contributed by atoms with Crippen LogP contribution in [0.25, 0.3) is 0 Å². The number of nitrogens with two attached hydrogens (primary N) is 1. The van der Waals surface area contributed by atoms with E-state index in [2.05, 4.69) is 0 Å². The summed E-state index contributed by atoms with van der Waals surface area (Å²) in [6.45, 7) is 0. The summed E-state index contributed by atoms with van der Waals surface area (Å²) in [6.07, 6.45) is -13.3. The van der Waals surface area contributed by atoms with Crippen molar-refractivity contribution in [3.05, 3.63) is 29.8 Å². The first-order chi connectivity index (χ1) is 8.77. The van der Waals surface area contributed by atoms with E-state index in [1.807, 2.05) is 0 Å². The van der Waals surface area contributed by atoms with Crippen LogP contribution in [0.5, 0.6) is 0 Å². The number of hydrogen-bond acceptors (Lipinski definition) is 1. The molecule has 0 heterocycles. The molecule has 20 heavy (non-hydrogen) atoms. The Labute approximate surface area is 106 Å². The summed E-state index contributed by atoms with van der Waals surface area (Å²) in [5.74, 6) is -6.70. The Balaban J connectivity index is 3.69. The average molecular weight is 311 g/mol. The van der Waals surface area contributed by atoms with Gasteiger partial charge in [-0.2, -0.15) is 35.1 Å². The zero-order valence-electron chi connectivity index (χ0n) is 9.29. The minimum Gasteiger partial charge on any atom is -0.398 e. The summed E-state index contributed by atoms with van der Waals surface area (Å²) in [4.78, 5) is 0. The average Bonchev–Trinajstić information content (AvgIpc) is 2.25. The summed E-state index contributed by atoms with van der Waals surface area (Å²) >= 11 is 0. The van der Waals surface area contributed by atoms with Crippen molar-refractivity contribution in [2.75, 3.05) is 5.73 Å². The van der Waals surface area contributed by atoms with E-state index in [4.69, 9.17) is 5.73 Å². The van der Waals surface area contributed by atoms with Gasteiger partial charge in [-0.1, -0.05) is 18.2 Å². The number of halogens is 9. The second-order valence-electron chi connectivity index (χ2n) is 3.82. The lowest BCUT2D eigenvalue weighted by molar-refractivity contribution is -0.389. The molecule has 0 radical (unpaired) electrons. The van der Waals surface area contributed by atoms with Crippen molar-refractivity contribution in [1.29, 1.82) is 0 Å². The van der Waals surface area contributed by atoms with E-state index in [0.717, 1.165) is 6.07 Å². The van der Waals surface area contributed by atoms with Crippen LogP contribution in [-0.4, -0.2) is 18.3 Å². The van der Waals surface area contributed by atoms with E-state index < -0.39 is 35.2 Å². The summed E-state index contributed by atoms with van der Waals surface area (Å²) < 4.78 is 114. The topological polar surface area (TPSA) is 26.0 Å². The SMILES string of the molecule is Nc1ccccc1C(F)(C(F)(F)F)C(F)(F)C(F)(F)F. The van der Waals surface area contributed by atoms with Crippen LogP contribution < -0.4 is 5.73 Å². The highest BCUT2D eigenvalue weighted by Crippen LogP contribution is 2.59. The van der Waals surface area contributed by atoms with Gasteiger partial charge in [0, 0.05) is 11.3 Å². The fraction of sp³-hybridized carbons (Fsp3) is 0.400. The van der Waals surface area contributed by atoms with E-state index in [1.54, 1.807) is 0 Å². The maximum atomic E-state index is 13.9. The number of nitrogen functional groups attached to an aromatic ring is 1.